The summed E-state index contributed by atoms with van der Waals surface area (Å²) in [6, 6.07) is 11.7. The van der Waals surface area contributed by atoms with Crippen molar-refractivity contribution >= 4 is 5.97 Å². The largest absolute Gasteiger partial charge is 0.489 e. The van der Waals surface area contributed by atoms with E-state index in [1.807, 2.05) is 24.3 Å². The maximum atomic E-state index is 13.6. The van der Waals surface area contributed by atoms with Crippen LogP contribution in [0, 0.1) is 5.82 Å². The normalized spacial score (nSPS) is 10.7. The maximum absolute atomic E-state index is 13.6. The van der Waals surface area contributed by atoms with Crippen LogP contribution >= 0.6 is 0 Å². The van der Waals surface area contributed by atoms with Crippen molar-refractivity contribution in [2.75, 3.05) is 0 Å². The molecule has 0 radical (unpaired) electrons. The molecule has 21 heavy (non-hydrogen) atoms. The number of aromatic carboxylic acids is 1. The monoisotopic (exact) mass is 288 g/mol. The smallest absolute Gasteiger partial charge is 0.338 e. The van der Waals surface area contributed by atoms with E-state index in [9.17, 15) is 9.18 Å². The van der Waals surface area contributed by atoms with Gasteiger partial charge in [0.05, 0.1) is 5.56 Å². The number of para-hydroxylation sites is 1. The highest BCUT2D eigenvalue weighted by atomic mass is 19.1. The standard InChI is InChI=1S/C17H17FO3/c1-11(2)13-5-3-4-6-16(13)21-10-12-7-8-14(17(19)20)15(18)9-12/h3-9,11H,10H2,1-2H3,(H,19,20). The van der Waals surface area contributed by atoms with E-state index in [0.717, 1.165) is 11.3 Å². The number of carboxylic acids is 1. The number of halogens is 1. The third kappa shape index (κ3) is 3.60. The second kappa shape index (κ2) is 6.39. The van der Waals surface area contributed by atoms with E-state index in [2.05, 4.69) is 13.8 Å². The van der Waals surface area contributed by atoms with Gasteiger partial charge in [0.25, 0.3) is 0 Å². The Bertz CT molecular complexity index is 650. The number of benzene rings is 2. The van der Waals surface area contributed by atoms with E-state index in [0.29, 0.717) is 11.5 Å². The van der Waals surface area contributed by atoms with Gasteiger partial charge < -0.3 is 9.84 Å². The quantitative estimate of drug-likeness (QED) is 0.895. The summed E-state index contributed by atoms with van der Waals surface area (Å²) in [7, 11) is 0. The molecule has 0 bridgehead atoms. The predicted molar refractivity (Wildman–Crippen MR) is 78.2 cm³/mol. The molecule has 0 saturated carbocycles. The van der Waals surface area contributed by atoms with Crippen LogP contribution in [-0.4, -0.2) is 11.1 Å². The molecule has 0 saturated heterocycles. The molecule has 0 aliphatic carbocycles. The first-order valence-electron chi connectivity index (χ1n) is 6.72. The van der Waals surface area contributed by atoms with E-state index in [-0.39, 0.29) is 12.2 Å². The minimum atomic E-state index is -1.27. The Morgan fingerprint density at radius 2 is 1.95 bits per heavy atom. The zero-order valence-electron chi connectivity index (χ0n) is 12.0. The van der Waals surface area contributed by atoms with Gasteiger partial charge in [-0.15, -0.1) is 0 Å². The van der Waals surface area contributed by atoms with Crippen molar-refractivity contribution in [3.63, 3.8) is 0 Å². The van der Waals surface area contributed by atoms with Gasteiger partial charge in [0.1, 0.15) is 18.2 Å². The lowest BCUT2D eigenvalue weighted by Gasteiger charge is -2.14. The highest BCUT2D eigenvalue weighted by Crippen LogP contribution is 2.26. The average Bonchev–Trinajstić information content (AvgIpc) is 2.45. The van der Waals surface area contributed by atoms with Crippen LogP contribution < -0.4 is 4.74 Å². The lowest BCUT2D eigenvalue weighted by atomic mass is 10.0. The zero-order chi connectivity index (χ0) is 15.4. The summed E-state index contributed by atoms with van der Waals surface area (Å²) in [5.41, 5.74) is 1.34. The molecule has 0 spiro atoms. The van der Waals surface area contributed by atoms with Crippen molar-refractivity contribution in [1.82, 2.24) is 0 Å². The van der Waals surface area contributed by atoms with Crippen molar-refractivity contribution in [2.45, 2.75) is 26.4 Å². The minimum Gasteiger partial charge on any atom is -0.489 e. The van der Waals surface area contributed by atoms with E-state index in [1.165, 1.54) is 12.1 Å². The summed E-state index contributed by atoms with van der Waals surface area (Å²) in [4.78, 5) is 10.8. The van der Waals surface area contributed by atoms with Crippen molar-refractivity contribution < 1.29 is 19.0 Å². The summed E-state index contributed by atoms with van der Waals surface area (Å²) in [6.07, 6.45) is 0. The Hall–Kier alpha value is -2.36. The van der Waals surface area contributed by atoms with Crippen LogP contribution in [0.4, 0.5) is 4.39 Å². The molecule has 2 aromatic carbocycles. The van der Waals surface area contributed by atoms with Gasteiger partial charge in [0.2, 0.25) is 0 Å². The van der Waals surface area contributed by atoms with Gasteiger partial charge >= 0.3 is 5.97 Å². The molecular formula is C17H17FO3. The first-order chi connectivity index (χ1) is 9.99. The molecule has 0 atom stereocenters. The highest BCUT2D eigenvalue weighted by Gasteiger charge is 2.11. The molecule has 0 aliphatic heterocycles. The fourth-order valence-corrected chi connectivity index (χ4v) is 2.07. The van der Waals surface area contributed by atoms with Crippen molar-refractivity contribution in [3.05, 3.63) is 65.0 Å². The van der Waals surface area contributed by atoms with Crippen LogP contribution in [0.2, 0.25) is 0 Å². The van der Waals surface area contributed by atoms with E-state index in [4.69, 9.17) is 9.84 Å². The van der Waals surface area contributed by atoms with Crippen LogP contribution in [0.5, 0.6) is 5.75 Å². The van der Waals surface area contributed by atoms with Gasteiger partial charge in [0, 0.05) is 0 Å². The number of hydrogen-bond donors (Lipinski definition) is 1. The molecule has 3 nitrogen and oxygen atoms in total. The minimum absolute atomic E-state index is 0.195. The Morgan fingerprint density at radius 1 is 1.24 bits per heavy atom. The zero-order valence-corrected chi connectivity index (χ0v) is 12.0. The van der Waals surface area contributed by atoms with Crippen LogP contribution in [0.1, 0.15) is 41.3 Å². The molecule has 0 aliphatic rings. The highest BCUT2D eigenvalue weighted by molar-refractivity contribution is 5.87. The average molecular weight is 288 g/mol. The fourth-order valence-electron chi connectivity index (χ4n) is 2.07. The first kappa shape index (κ1) is 15.0. The van der Waals surface area contributed by atoms with Gasteiger partial charge in [0.15, 0.2) is 0 Å². The summed E-state index contributed by atoms with van der Waals surface area (Å²) in [5, 5.41) is 8.79. The van der Waals surface area contributed by atoms with Crippen molar-refractivity contribution in [3.8, 4) is 5.75 Å². The summed E-state index contributed by atoms with van der Waals surface area (Å²) < 4.78 is 19.3. The SMILES string of the molecule is CC(C)c1ccccc1OCc1ccc(C(=O)O)c(F)c1. The van der Waals surface area contributed by atoms with Crippen LogP contribution in [0.3, 0.4) is 0 Å². The summed E-state index contributed by atoms with van der Waals surface area (Å²) in [5.74, 6) is -0.937. The Kier molecular flexibility index (Phi) is 4.58. The van der Waals surface area contributed by atoms with E-state index >= 15 is 0 Å². The molecular weight excluding hydrogens is 271 g/mol. The Labute approximate surface area is 123 Å². The molecule has 2 aromatic rings. The van der Waals surface area contributed by atoms with Gasteiger partial charge in [-0.25, -0.2) is 9.18 Å². The number of rotatable bonds is 5. The lowest BCUT2D eigenvalue weighted by molar-refractivity contribution is 0.0692. The van der Waals surface area contributed by atoms with Crippen LogP contribution in [-0.2, 0) is 6.61 Å². The van der Waals surface area contributed by atoms with Crippen molar-refractivity contribution in [1.29, 1.82) is 0 Å². The van der Waals surface area contributed by atoms with Gasteiger partial charge in [-0.3, -0.25) is 0 Å². The number of ether oxygens (including phenoxy) is 1. The third-order valence-electron chi connectivity index (χ3n) is 3.20. The fraction of sp³-hybridized carbons (Fsp3) is 0.235. The molecule has 110 valence electrons. The van der Waals surface area contributed by atoms with Gasteiger partial charge in [-0.1, -0.05) is 38.1 Å². The third-order valence-corrected chi connectivity index (χ3v) is 3.20. The summed E-state index contributed by atoms with van der Waals surface area (Å²) >= 11 is 0. The molecule has 4 heteroatoms. The molecule has 0 aromatic heterocycles. The maximum Gasteiger partial charge on any atom is 0.338 e. The van der Waals surface area contributed by atoms with Gasteiger partial charge in [-0.2, -0.15) is 0 Å². The lowest BCUT2D eigenvalue weighted by Crippen LogP contribution is -2.04. The van der Waals surface area contributed by atoms with Crippen molar-refractivity contribution in [2.24, 2.45) is 0 Å². The topological polar surface area (TPSA) is 46.5 Å². The number of carboxylic acid groups (broad SMARTS) is 1. The number of hydrogen-bond acceptors (Lipinski definition) is 2. The molecule has 0 heterocycles. The van der Waals surface area contributed by atoms with Crippen LogP contribution in [0.25, 0.3) is 0 Å². The van der Waals surface area contributed by atoms with Crippen LogP contribution in [0.15, 0.2) is 42.5 Å². The second-order valence-corrected chi connectivity index (χ2v) is 5.10. The number of carbonyl (C=O) groups is 1. The molecule has 2 rings (SSSR count). The summed E-state index contributed by atoms with van der Waals surface area (Å²) in [6.45, 7) is 4.34. The predicted octanol–water partition coefficient (Wildman–Crippen LogP) is 4.23. The second-order valence-electron chi connectivity index (χ2n) is 5.10. The Morgan fingerprint density at radius 3 is 2.57 bits per heavy atom. The van der Waals surface area contributed by atoms with Gasteiger partial charge in [-0.05, 0) is 35.2 Å². The molecule has 0 amide bonds. The van der Waals surface area contributed by atoms with E-state index < -0.39 is 11.8 Å². The Balaban J connectivity index is 2.14. The molecule has 0 unspecified atom stereocenters. The van der Waals surface area contributed by atoms with E-state index in [1.54, 1.807) is 6.07 Å². The molecule has 0 fully saturated rings. The first-order valence-corrected chi connectivity index (χ1v) is 6.72. The molecule has 1 N–H and O–H groups in total.